The van der Waals surface area contributed by atoms with Crippen molar-refractivity contribution in [3.8, 4) is 11.5 Å². The largest absolute Gasteiger partial charge is 0.504 e. The van der Waals surface area contributed by atoms with Crippen LogP contribution in [0.25, 0.3) is 0 Å². The van der Waals surface area contributed by atoms with Gasteiger partial charge in [-0.2, -0.15) is 0 Å². The van der Waals surface area contributed by atoms with Crippen molar-refractivity contribution in [3.63, 3.8) is 0 Å². The smallest absolute Gasteiger partial charge is 0.160 e. The zero-order chi connectivity index (χ0) is 14.7. The molecule has 1 aromatic rings. The summed E-state index contributed by atoms with van der Waals surface area (Å²) in [6.45, 7) is 0. The Hall–Kier alpha value is -2.17. The van der Waals surface area contributed by atoms with Crippen LogP contribution in [-0.2, 0) is 20.8 Å². The van der Waals surface area contributed by atoms with Gasteiger partial charge < -0.3 is 9.84 Å². The van der Waals surface area contributed by atoms with Crippen LogP contribution in [0.4, 0.5) is 0 Å². The molecule has 0 amide bonds. The highest BCUT2D eigenvalue weighted by Crippen LogP contribution is 2.27. The summed E-state index contributed by atoms with van der Waals surface area (Å²) in [5.74, 6) is -1.54. The topological polar surface area (TPSA) is 80.7 Å². The van der Waals surface area contributed by atoms with Gasteiger partial charge in [0.05, 0.1) is 7.11 Å². The number of ether oxygens (including phenoxy) is 1. The summed E-state index contributed by atoms with van der Waals surface area (Å²) in [6, 6.07) is 4.87. The van der Waals surface area contributed by atoms with E-state index in [1.165, 1.54) is 13.2 Å². The van der Waals surface area contributed by atoms with Gasteiger partial charge in [-0.25, -0.2) is 0 Å². The maximum absolute atomic E-state index is 11.9. The molecule has 1 N–H and O–H groups in total. The third-order valence-electron chi connectivity index (χ3n) is 3.49. The first-order valence-electron chi connectivity index (χ1n) is 6.47. The van der Waals surface area contributed by atoms with Crippen molar-refractivity contribution >= 4 is 17.3 Å². The molecular formula is C15H16O5. The molecule has 0 heterocycles. The molecule has 5 nitrogen and oxygen atoms in total. The summed E-state index contributed by atoms with van der Waals surface area (Å²) in [4.78, 5) is 34.9. The van der Waals surface area contributed by atoms with Gasteiger partial charge in [0.1, 0.15) is 5.92 Å². The lowest BCUT2D eigenvalue weighted by Crippen LogP contribution is -2.25. The van der Waals surface area contributed by atoms with Gasteiger partial charge in [0.2, 0.25) is 0 Å². The van der Waals surface area contributed by atoms with Crippen molar-refractivity contribution in [2.24, 2.45) is 5.92 Å². The molecule has 0 saturated heterocycles. The molecule has 1 fully saturated rings. The van der Waals surface area contributed by atoms with Crippen molar-refractivity contribution in [2.75, 3.05) is 7.11 Å². The average Bonchev–Trinajstić information content (AvgIpc) is 2.76. The molecule has 106 valence electrons. The number of phenolic OH excluding ortho intramolecular Hbond substituents is 1. The molecule has 1 aromatic carbocycles. The Morgan fingerprint density at radius 3 is 2.50 bits per heavy atom. The molecule has 2 rings (SSSR count). The van der Waals surface area contributed by atoms with E-state index in [9.17, 15) is 19.5 Å². The lowest BCUT2D eigenvalue weighted by Gasteiger charge is -2.08. The highest BCUT2D eigenvalue weighted by atomic mass is 16.5. The first kappa shape index (κ1) is 14.2. The molecular weight excluding hydrogens is 260 g/mol. The zero-order valence-corrected chi connectivity index (χ0v) is 11.2. The summed E-state index contributed by atoms with van der Waals surface area (Å²) >= 11 is 0. The first-order chi connectivity index (χ1) is 9.52. The molecule has 1 saturated carbocycles. The molecule has 0 spiro atoms. The van der Waals surface area contributed by atoms with E-state index in [1.54, 1.807) is 12.1 Å². The van der Waals surface area contributed by atoms with E-state index in [1.807, 2.05) is 0 Å². The molecule has 0 aromatic heterocycles. The van der Waals surface area contributed by atoms with Crippen LogP contribution < -0.4 is 4.74 Å². The van der Waals surface area contributed by atoms with Crippen LogP contribution in [0.5, 0.6) is 11.5 Å². The second-order valence-corrected chi connectivity index (χ2v) is 4.84. The summed E-state index contributed by atoms with van der Waals surface area (Å²) < 4.78 is 4.93. The Balaban J connectivity index is 1.98. The van der Waals surface area contributed by atoms with Crippen molar-refractivity contribution in [1.29, 1.82) is 0 Å². The summed E-state index contributed by atoms with van der Waals surface area (Å²) in [5.41, 5.74) is 0.759. The Morgan fingerprint density at radius 2 is 1.95 bits per heavy atom. The molecule has 0 atom stereocenters. The van der Waals surface area contributed by atoms with Crippen molar-refractivity contribution in [2.45, 2.75) is 25.7 Å². The molecule has 1 aliphatic rings. The van der Waals surface area contributed by atoms with Gasteiger partial charge in [-0.05, 0) is 24.1 Å². The van der Waals surface area contributed by atoms with Crippen molar-refractivity contribution < 1.29 is 24.2 Å². The van der Waals surface area contributed by atoms with E-state index < -0.39 is 5.92 Å². The SMILES string of the molecule is COc1ccc(CCC(=O)C2C(=O)CCC2=O)cc1O. The minimum absolute atomic E-state index is 0.00506. The third-order valence-corrected chi connectivity index (χ3v) is 3.49. The van der Waals surface area contributed by atoms with Crippen LogP contribution in [0.15, 0.2) is 18.2 Å². The average molecular weight is 276 g/mol. The predicted molar refractivity (Wildman–Crippen MR) is 70.7 cm³/mol. The second kappa shape index (κ2) is 5.86. The van der Waals surface area contributed by atoms with E-state index in [0.717, 1.165) is 5.56 Å². The number of aryl methyl sites for hydroxylation is 1. The quantitative estimate of drug-likeness (QED) is 0.823. The Labute approximate surface area is 116 Å². The normalized spacial score (nSPS) is 15.7. The molecule has 20 heavy (non-hydrogen) atoms. The number of carbonyl (C=O) groups is 3. The lowest BCUT2D eigenvalue weighted by atomic mass is 9.95. The number of hydrogen-bond acceptors (Lipinski definition) is 5. The number of ketones is 3. The van der Waals surface area contributed by atoms with Gasteiger partial charge in [-0.1, -0.05) is 6.07 Å². The molecule has 5 heteroatoms. The fourth-order valence-corrected chi connectivity index (χ4v) is 2.38. The lowest BCUT2D eigenvalue weighted by molar-refractivity contribution is -0.136. The number of carbonyl (C=O) groups excluding carboxylic acids is 3. The van der Waals surface area contributed by atoms with Gasteiger partial charge in [-0.3, -0.25) is 14.4 Å². The summed E-state index contributed by atoms with van der Waals surface area (Å²) in [5, 5.41) is 9.63. The highest BCUT2D eigenvalue weighted by Gasteiger charge is 2.37. The van der Waals surface area contributed by atoms with Crippen LogP contribution in [0.1, 0.15) is 24.8 Å². The predicted octanol–water partition coefficient (Wildman–Crippen LogP) is 1.45. The number of methoxy groups -OCH3 is 1. The maximum Gasteiger partial charge on any atom is 0.160 e. The van der Waals surface area contributed by atoms with Crippen LogP contribution in [0.2, 0.25) is 0 Å². The summed E-state index contributed by atoms with van der Waals surface area (Å²) in [7, 11) is 1.45. The molecule has 0 radical (unpaired) electrons. The van der Waals surface area contributed by atoms with Gasteiger partial charge in [-0.15, -0.1) is 0 Å². The Morgan fingerprint density at radius 1 is 1.30 bits per heavy atom. The fraction of sp³-hybridized carbons (Fsp3) is 0.400. The van der Waals surface area contributed by atoms with E-state index in [-0.39, 0.29) is 42.4 Å². The monoisotopic (exact) mass is 276 g/mol. The Bertz CT molecular complexity index is 545. The molecule has 0 unspecified atom stereocenters. The second-order valence-electron chi connectivity index (χ2n) is 4.84. The minimum atomic E-state index is -1.05. The van der Waals surface area contributed by atoms with Gasteiger partial charge in [0.25, 0.3) is 0 Å². The molecule has 0 aliphatic heterocycles. The number of rotatable bonds is 5. The van der Waals surface area contributed by atoms with E-state index >= 15 is 0 Å². The summed E-state index contributed by atoms with van der Waals surface area (Å²) in [6.07, 6.45) is 0.860. The fourth-order valence-electron chi connectivity index (χ4n) is 2.38. The number of phenols is 1. The zero-order valence-electron chi connectivity index (χ0n) is 11.2. The van der Waals surface area contributed by atoms with E-state index in [0.29, 0.717) is 12.2 Å². The van der Waals surface area contributed by atoms with Crippen LogP contribution in [0, 0.1) is 5.92 Å². The van der Waals surface area contributed by atoms with E-state index in [4.69, 9.17) is 4.74 Å². The van der Waals surface area contributed by atoms with Crippen LogP contribution >= 0.6 is 0 Å². The minimum Gasteiger partial charge on any atom is -0.504 e. The third kappa shape index (κ3) is 2.87. The first-order valence-corrected chi connectivity index (χ1v) is 6.47. The van der Waals surface area contributed by atoms with Gasteiger partial charge in [0, 0.05) is 19.3 Å². The van der Waals surface area contributed by atoms with Crippen LogP contribution in [0.3, 0.4) is 0 Å². The van der Waals surface area contributed by atoms with Gasteiger partial charge in [0.15, 0.2) is 28.8 Å². The van der Waals surface area contributed by atoms with Crippen molar-refractivity contribution in [1.82, 2.24) is 0 Å². The number of Topliss-reactive ketones (excluding diaryl/α,β-unsaturated/α-hetero) is 3. The maximum atomic E-state index is 11.9. The highest BCUT2D eigenvalue weighted by molar-refractivity contribution is 6.23. The standard InChI is InChI=1S/C15H16O5/c1-20-14-7-3-9(8-13(14)19)2-4-10(16)15-11(17)5-6-12(15)18/h3,7-8,15,19H,2,4-6H2,1H3. The van der Waals surface area contributed by atoms with E-state index in [2.05, 4.69) is 0 Å². The molecule has 0 bridgehead atoms. The number of benzene rings is 1. The number of hydrogen-bond donors (Lipinski definition) is 1. The number of aromatic hydroxyl groups is 1. The van der Waals surface area contributed by atoms with Crippen LogP contribution in [-0.4, -0.2) is 29.6 Å². The van der Waals surface area contributed by atoms with Gasteiger partial charge >= 0.3 is 0 Å². The molecule has 1 aliphatic carbocycles. The Kier molecular flexibility index (Phi) is 4.17. The van der Waals surface area contributed by atoms with Crippen molar-refractivity contribution in [3.05, 3.63) is 23.8 Å².